The molecule has 28 heavy (non-hydrogen) atoms. The highest BCUT2D eigenvalue weighted by Crippen LogP contribution is 2.33. The molecular weight excluding hydrogens is 356 g/mol. The third kappa shape index (κ3) is 4.73. The van der Waals surface area contributed by atoms with Crippen molar-refractivity contribution in [1.29, 1.82) is 0 Å². The highest BCUT2D eigenvalue weighted by atomic mass is 16.5. The van der Waals surface area contributed by atoms with E-state index < -0.39 is 0 Å². The molecule has 1 aromatic heterocycles. The molecule has 1 unspecified atom stereocenters. The molecule has 1 atom stereocenters. The number of aromatic nitrogens is 2. The van der Waals surface area contributed by atoms with Gasteiger partial charge in [-0.3, -0.25) is 14.6 Å². The van der Waals surface area contributed by atoms with Crippen molar-refractivity contribution in [3.63, 3.8) is 0 Å². The largest absolute Gasteiger partial charge is 0.437 e. The van der Waals surface area contributed by atoms with E-state index in [9.17, 15) is 9.59 Å². The van der Waals surface area contributed by atoms with Crippen molar-refractivity contribution in [2.24, 2.45) is 0 Å². The van der Waals surface area contributed by atoms with Crippen LogP contribution in [0.4, 0.5) is 5.69 Å². The highest BCUT2D eigenvalue weighted by Gasteiger charge is 2.28. The number of anilines is 1. The number of rotatable bonds is 5. The minimum absolute atomic E-state index is 0.0235. The van der Waals surface area contributed by atoms with E-state index in [2.05, 4.69) is 21.9 Å². The number of hydrogen-bond acceptors (Lipinski definition) is 5. The van der Waals surface area contributed by atoms with Gasteiger partial charge in [-0.15, -0.1) is 0 Å². The molecule has 1 aromatic carbocycles. The molecule has 2 heterocycles. The number of ether oxygens (including phenoxy) is 1. The van der Waals surface area contributed by atoms with Gasteiger partial charge in [-0.25, -0.2) is 4.98 Å². The zero-order valence-corrected chi connectivity index (χ0v) is 16.1. The first-order chi connectivity index (χ1) is 13.4. The number of carbonyl (C=O) groups excluding carboxylic acids is 2. The number of amides is 2. The first-order valence-electron chi connectivity index (χ1n) is 9.25. The maximum absolute atomic E-state index is 12.3. The van der Waals surface area contributed by atoms with Crippen molar-refractivity contribution in [1.82, 2.24) is 14.9 Å². The molecule has 7 nitrogen and oxygen atoms in total. The number of benzene rings is 1. The molecular formula is C21H24N4O3. The Morgan fingerprint density at radius 1 is 1.18 bits per heavy atom. The van der Waals surface area contributed by atoms with Crippen LogP contribution in [-0.2, 0) is 9.59 Å². The molecule has 0 saturated carbocycles. The summed E-state index contributed by atoms with van der Waals surface area (Å²) in [6.07, 6.45) is 5.04. The van der Waals surface area contributed by atoms with Crippen LogP contribution in [0.15, 0.2) is 48.8 Å². The lowest BCUT2D eigenvalue weighted by Crippen LogP contribution is -2.39. The summed E-state index contributed by atoms with van der Waals surface area (Å²) in [6.45, 7) is 8.24. The number of carbonyl (C=O) groups is 2. The molecule has 1 fully saturated rings. The quantitative estimate of drug-likeness (QED) is 0.803. The Labute approximate surface area is 164 Å². The molecule has 0 aliphatic carbocycles. The van der Waals surface area contributed by atoms with Gasteiger partial charge in [0.05, 0.1) is 0 Å². The maximum atomic E-state index is 12.3. The molecule has 0 bridgehead atoms. The summed E-state index contributed by atoms with van der Waals surface area (Å²) in [4.78, 5) is 34.1. The monoisotopic (exact) mass is 380 g/mol. The minimum atomic E-state index is -0.129. The molecule has 0 spiro atoms. The lowest BCUT2D eigenvalue weighted by molar-refractivity contribution is -0.128. The van der Waals surface area contributed by atoms with Crippen molar-refractivity contribution in [2.45, 2.75) is 32.6 Å². The Bertz CT molecular complexity index is 879. The second-order valence-corrected chi connectivity index (χ2v) is 6.93. The molecule has 3 rings (SSSR count). The standard InChI is InChI=1S/C21H24N4O3/c1-14(2)21(27)25-12-4-5-16(13-25)19-20(23-11-10-22-19)28-18-8-6-17(7-9-18)24-15(3)26/h6-11,16H,1,4-5,12-13H2,2-3H3,(H,24,26). The molecule has 7 heteroatoms. The van der Waals surface area contributed by atoms with E-state index >= 15 is 0 Å². The maximum Gasteiger partial charge on any atom is 0.248 e. The zero-order chi connectivity index (χ0) is 20.1. The van der Waals surface area contributed by atoms with Crippen LogP contribution in [0.3, 0.4) is 0 Å². The molecule has 146 valence electrons. The van der Waals surface area contributed by atoms with Gasteiger partial charge in [-0.1, -0.05) is 6.58 Å². The van der Waals surface area contributed by atoms with E-state index in [-0.39, 0.29) is 17.7 Å². The zero-order valence-electron chi connectivity index (χ0n) is 16.1. The van der Waals surface area contributed by atoms with Gasteiger partial charge in [-0.05, 0) is 44.0 Å². The van der Waals surface area contributed by atoms with Crippen LogP contribution in [0.1, 0.15) is 38.3 Å². The third-order valence-corrected chi connectivity index (χ3v) is 4.54. The summed E-state index contributed by atoms with van der Waals surface area (Å²) in [7, 11) is 0. The second-order valence-electron chi connectivity index (χ2n) is 6.93. The Morgan fingerprint density at radius 3 is 2.57 bits per heavy atom. The summed E-state index contributed by atoms with van der Waals surface area (Å²) in [5, 5.41) is 2.72. The minimum Gasteiger partial charge on any atom is -0.437 e. The van der Waals surface area contributed by atoms with Crippen LogP contribution in [-0.4, -0.2) is 39.8 Å². The van der Waals surface area contributed by atoms with Crippen LogP contribution in [0.5, 0.6) is 11.6 Å². The van der Waals surface area contributed by atoms with Crippen molar-refractivity contribution in [3.05, 3.63) is 54.5 Å². The van der Waals surface area contributed by atoms with E-state index in [1.165, 1.54) is 6.92 Å². The van der Waals surface area contributed by atoms with Gasteiger partial charge in [0.2, 0.25) is 17.7 Å². The average molecular weight is 380 g/mol. The number of nitrogens with one attached hydrogen (secondary N) is 1. The third-order valence-electron chi connectivity index (χ3n) is 4.54. The van der Waals surface area contributed by atoms with Gasteiger partial charge in [-0.2, -0.15) is 0 Å². The Kier molecular flexibility index (Phi) is 6.03. The topological polar surface area (TPSA) is 84.4 Å². The summed E-state index contributed by atoms with van der Waals surface area (Å²) in [6, 6.07) is 7.06. The Morgan fingerprint density at radius 2 is 1.89 bits per heavy atom. The number of likely N-dealkylation sites (tertiary alicyclic amines) is 1. The molecule has 1 aliphatic heterocycles. The van der Waals surface area contributed by atoms with Gasteiger partial charge < -0.3 is 15.0 Å². The molecule has 2 aromatic rings. The fourth-order valence-corrected chi connectivity index (χ4v) is 3.27. The fourth-order valence-electron chi connectivity index (χ4n) is 3.27. The first kappa shape index (κ1) is 19.5. The first-order valence-corrected chi connectivity index (χ1v) is 9.25. The molecule has 1 saturated heterocycles. The van der Waals surface area contributed by atoms with Gasteiger partial charge in [0.15, 0.2) is 0 Å². The fraction of sp³-hybridized carbons (Fsp3) is 0.333. The highest BCUT2D eigenvalue weighted by molar-refractivity contribution is 5.92. The van der Waals surface area contributed by atoms with Gasteiger partial charge in [0.25, 0.3) is 0 Å². The number of nitrogens with zero attached hydrogens (tertiary/aromatic N) is 3. The molecule has 2 amide bonds. The van der Waals surface area contributed by atoms with Crippen LogP contribution in [0.2, 0.25) is 0 Å². The second kappa shape index (κ2) is 8.65. The van der Waals surface area contributed by atoms with E-state index in [0.29, 0.717) is 29.4 Å². The average Bonchev–Trinajstić information content (AvgIpc) is 2.69. The SMILES string of the molecule is C=C(C)C(=O)N1CCCC(c2nccnc2Oc2ccc(NC(C)=O)cc2)C1. The summed E-state index contributed by atoms with van der Waals surface area (Å²) < 4.78 is 5.96. The molecule has 0 radical (unpaired) electrons. The van der Waals surface area contributed by atoms with Gasteiger partial charge in [0.1, 0.15) is 11.4 Å². The van der Waals surface area contributed by atoms with Crippen LogP contribution in [0.25, 0.3) is 0 Å². The summed E-state index contributed by atoms with van der Waals surface area (Å²) >= 11 is 0. The Balaban J connectivity index is 1.76. The van der Waals surface area contributed by atoms with E-state index in [1.807, 2.05) is 4.90 Å². The number of piperidine rings is 1. The normalized spacial score (nSPS) is 16.4. The summed E-state index contributed by atoms with van der Waals surface area (Å²) in [5.74, 6) is 0.936. The van der Waals surface area contributed by atoms with E-state index in [0.717, 1.165) is 25.1 Å². The van der Waals surface area contributed by atoms with Crippen molar-refractivity contribution in [3.8, 4) is 11.6 Å². The Hall–Kier alpha value is -3.22. The predicted molar refractivity (Wildman–Crippen MR) is 106 cm³/mol. The predicted octanol–water partition coefficient (Wildman–Crippen LogP) is 3.51. The molecule has 1 aliphatic rings. The van der Waals surface area contributed by atoms with Gasteiger partial charge >= 0.3 is 0 Å². The smallest absolute Gasteiger partial charge is 0.248 e. The van der Waals surface area contributed by atoms with Crippen LogP contribution < -0.4 is 10.1 Å². The molecule has 1 N–H and O–H groups in total. The van der Waals surface area contributed by atoms with Crippen molar-refractivity contribution >= 4 is 17.5 Å². The summed E-state index contributed by atoms with van der Waals surface area (Å²) in [5.41, 5.74) is 1.98. The van der Waals surface area contributed by atoms with Crippen molar-refractivity contribution < 1.29 is 14.3 Å². The van der Waals surface area contributed by atoms with Crippen LogP contribution >= 0.6 is 0 Å². The van der Waals surface area contributed by atoms with Crippen LogP contribution in [0, 0.1) is 0 Å². The lowest BCUT2D eigenvalue weighted by Gasteiger charge is -2.32. The lowest BCUT2D eigenvalue weighted by atomic mass is 9.94. The van der Waals surface area contributed by atoms with Gasteiger partial charge in [0, 0.05) is 49.6 Å². The van der Waals surface area contributed by atoms with E-state index in [1.54, 1.807) is 43.6 Å². The number of hydrogen-bond donors (Lipinski definition) is 1. The van der Waals surface area contributed by atoms with E-state index in [4.69, 9.17) is 4.74 Å². The van der Waals surface area contributed by atoms with Crippen molar-refractivity contribution in [2.75, 3.05) is 18.4 Å².